The van der Waals surface area contributed by atoms with E-state index in [0.29, 0.717) is 35.2 Å². The number of thiazole rings is 1. The number of hydrogen-bond acceptors (Lipinski definition) is 4. The summed E-state index contributed by atoms with van der Waals surface area (Å²) in [5.74, 6) is -1.04. The molecule has 0 saturated carbocycles. The zero-order valence-corrected chi connectivity index (χ0v) is 17.5. The highest BCUT2D eigenvalue weighted by Gasteiger charge is 2.29. The Morgan fingerprint density at radius 2 is 1.87 bits per heavy atom. The quantitative estimate of drug-likeness (QED) is 0.610. The number of piperidine rings is 1. The van der Waals surface area contributed by atoms with Crippen LogP contribution in [0.3, 0.4) is 0 Å². The molecule has 0 bridgehead atoms. The topological polar surface area (TPSA) is 62.3 Å². The molecule has 5 nitrogen and oxygen atoms in total. The first-order valence-electron chi connectivity index (χ1n) is 9.57. The fourth-order valence-corrected chi connectivity index (χ4v) is 4.29. The molecule has 2 amide bonds. The second kappa shape index (κ2) is 8.93. The lowest BCUT2D eigenvalue weighted by Gasteiger charge is -2.32. The van der Waals surface area contributed by atoms with E-state index in [1.165, 1.54) is 35.6 Å². The van der Waals surface area contributed by atoms with Crippen LogP contribution in [0.1, 0.15) is 23.2 Å². The highest BCUT2D eigenvalue weighted by Crippen LogP contribution is 2.27. The van der Waals surface area contributed by atoms with Crippen LogP contribution in [0.2, 0.25) is 5.02 Å². The molecule has 1 aliphatic heterocycles. The van der Waals surface area contributed by atoms with Crippen LogP contribution < -0.4 is 5.32 Å². The summed E-state index contributed by atoms with van der Waals surface area (Å²) in [5, 5.41) is 5.93. The summed E-state index contributed by atoms with van der Waals surface area (Å²) in [6, 6.07) is 12.8. The SMILES string of the molecule is O=C(Nc1nc(-c2ccc(Cl)cc2)cs1)[C@@H]1CCCN(C(=O)c2ccc(F)cc2)C1. The third-order valence-electron chi connectivity index (χ3n) is 5.04. The van der Waals surface area contributed by atoms with Gasteiger partial charge in [-0.2, -0.15) is 0 Å². The number of aromatic nitrogens is 1. The third kappa shape index (κ3) is 4.68. The highest BCUT2D eigenvalue weighted by molar-refractivity contribution is 7.14. The van der Waals surface area contributed by atoms with Gasteiger partial charge >= 0.3 is 0 Å². The van der Waals surface area contributed by atoms with Gasteiger partial charge in [0, 0.05) is 34.6 Å². The Labute approximate surface area is 182 Å². The van der Waals surface area contributed by atoms with Crippen molar-refractivity contribution in [3.8, 4) is 11.3 Å². The monoisotopic (exact) mass is 443 g/mol. The van der Waals surface area contributed by atoms with Gasteiger partial charge in [-0.25, -0.2) is 9.37 Å². The van der Waals surface area contributed by atoms with Crippen LogP contribution in [-0.4, -0.2) is 34.8 Å². The summed E-state index contributed by atoms with van der Waals surface area (Å²) < 4.78 is 13.1. The smallest absolute Gasteiger partial charge is 0.253 e. The maximum absolute atomic E-state index is 13.1. The Bertz CT molecular complexity index is 1050. The number of nitrogens with one attached hydrogen (secondary N) is 1. The minimum atomic E-state index is -0.385. The summed E-state index contributed by atoms with van der Waals surface area (Å²) in [4.78, 5) is 31.6. The van der Waals surface area contributed by atoms with Crippen molar-refractivity contribution in [2.75, 3.05) is 18.4 Å². The van der Waals surface area contributed by atoms with Crippen molar-refractivity contribution in [3.05, 3.63) is 70.3 Å². The average molecular weight is 444 g/mol. The first-order valence-corrected chi connectivity index (χ1v) is 10.8. The van der Waals surface area contributed by atoms with E-state index >= 15 is 0 Å². The fraction of sp³-hybridized carbons (Fsp3) is 0.227. The number of nitrogens with zero attached hydrogens (tertiary/aromatic N) is 2. The van der Waals surface area contributed by atoms with E-state index < -0.39 is 0 Å². The number of carbonyl (C=O) groups is 2. The second-order valence-corrected chi connectivity index (χ2v) is 8.43. The van der Waals surface area contributed by atoms with Gasteiger partial charge in [0.05, 0.1) is 11.6 Å². The van der Waals surface area contributed by atoms with Crippen molar-refractivity contribution in [1.82, 2.24) is 9.88 Å². The zero-order valence-electron chi connectivity index (χ0n) is 16.0. The molecule has 1 atom stereocenters. The average Bonchev–Trinajstić information content (AvgIpc) is 3.23. The van der Waals surface area contributed by atoms with Crippen LogP contribution in [-0.2, 0) is 4.79 Å². The third-order valence-corrected chi connectivity index (χ3v) is 6.05. The Kier molecular flexibility index (Phi) is 6.11. The van der Waals surface area contributed by atoms with E-state index in [0.717, 1.165) is 17.7 Å². The van der Waals surface area contributed by atoms with E-state index in [1.807, 2.05) is 17.5 Å². The first-order chi connectivity index (χ1) is 14.5. The van der Waals surface area contributed by atoms with Crippen molar-refractivity contribution in [3.63, 3.8) is 0 Å². The van der Waals surface area contributed by atoms with Crippen LogP contribution in [0.25, 0.3) is 11.3 Å². The van der Waals surface area contributed by atoms with Gasteiger partial charge < -0.3 is 10.2 Å². The fourth-order valence-electron chi connectivity index (χ4n) is 3.44. The lowest BCUT2D eigenvalue weighted by atomic mass is 9.96. The maximum atomic E-state index is 13.1. The number of halogens is 2. The van der Waals surface area contributed by atoms with Crippen LogP contribution in [0, 0.1) is 11.7 Å². The Morgan fingerprint density at radius 1 is 1.13 bits per heavy atom. The largest absolute Gasteiger partial charge is 0.338 e. The van der Waals surface area contributed by atoms with Gasteiger partial charge in [-0.1, -0.05) is 23.7 Å². The molecule has 8 heteroatoms. The lowest BCUT2D eigenvalue weighted by molar-refractivity contribution is -0.121. The Hall–Kier alpha value is -2.77. The maximum Gasteiger partial charge on any atom is 0.253 e. The number of amides is 2. The summed E-state index contributed by atoms with van der Waals surface area (Å²) in [6.07, 6.45) is 1.44. The molecule has 4 rings (SSSR count). The predicted molar refractivity (Wildman–Crippen MR) is 116 cm³/mol. The van der Waals surface area contributed by atoms with Crippen LogP contribution in [0.15, 0.2) is 53.9 Å². The Balaban J connectivity index is 1.39. The van der Waals surface area contributed by atoms with Crippen LogP contribution >= 0.6 is 22.9 Å². The van der Waals surface area contributed by atoms with Gasteiger partial charge in [-0.05, 0) is 49.2 Å². The molecule has 2 heterocycles. The van der Waals surface area contributed by atoms with Gasteiger partial charge in [-0.15, -0.1) is 11.3 Å². The normalized spacial score (nSPS) is 16.3. The number of benzene rings is 2. The molecular formula is C22H19ClFN3O2S. The molecule has 0 radical (unpaired) electrons. The molecule has 154 valence electrons. The van der Waals surface area contributed by atoms with Gasteiger partial charge in [0.15, 0.2) is 5.13 Å². The van der Waals surface area contributed by atoms with Crippen molar-refractivity contribution in [1.29, 1.82) is 0 Å². The zero-order chi connectivity index (χ0) is 21.1. The van der Waals surface area contributed by atoms with Crippen molar-refractivity contribution >= 4 is 39.9 Å². The minimum Gasteiger partial charge on any atom is -0.338 e. The standard InChI is InChI=1S/C22H19ClFN3O2S/c23-17-7-3-14(4-8-17)19-13-30-22(25-19)26-20(28)16-2-1-11-27(12-16)21(29)15-5-9-18(24)10-6-15/h3-10,13,16H,1-2,11-12H2,(H,25,26,28)/t16-/m1/s1. The van der Waals surface area contributed by atoms with E-state index in [1.54, 1.807) is 17.0 Å². The van der Waals surface area contributed by atoms with Crippen molar-refractivity contribution < 1.29 is 14.0 Å². The van der Waals surface area contributed by atoms with Gasteiger partial charge in [0.2, 0.25) is 5.91 Å². The van der Waals surface area contributed by atoms with Crippen molar-refractivity contribution in [2.45, 2.75) is 12.8 Å². The summed E-state index contributed by atoms with van der Waals surface area (Å²) in [5.41, 5.74) is 2.11. The van der Waals surface area contributed by atoms with Crippen molar-refractivity contribution in [2.24, 2.45) is 5.92 Å². The summed E-state index contributed by atoms with van der Waals surface area (Å²) in [7, 11) is 0. The molecule has 0 unspecified atom stereocenters. The molecule has 1 saturated heterocycles. The molecule has 3 aromatic rings. The Morgan fingerprint density at radius 3 is 2.60 bits per heavy atom. The molecule has 1 N–H and O–H groups in total. The molecule has 0 spiro atoms. The number of carbonyl (C=O) groups excluding carboxylic acids is 2. The molecule has 1 fully saturated rings. The van der Waals surface area contributed by atoms with Crippen LogP contribution in [0.5, 0.6) is 0 Å². The summed E-state index contributed by atoms with van der Waals surface area (Å²) >= 11 is 7.27. The first kappa shape index (κ1) is 20.5. The predicted octanol–water partition coefficient (Wildman–Crippen LogP) is 5.09. The molecule has 1 aromatic heterocycles. The number of anilines is 1. The van der Waals surface area contributed by atoms with Gasteiger partial charge in [0.1, 0.15) is 5.82 Å². The lowest BCUT2D eigenvalue weighted by Crippen LogP contribution is -2.43. The van der Waals surface area contributed by atoms with Crippen LogP contribution in [0.4, 0.5) is 9.52 Å². The van der Waals surface area contributed by atoms with E-state index in [4.69, 9.17) is 11.6 Å². The van der Waals surface area contributed by atoms with E-state index in [2.05, 4.69) is 10.3 Å². The molecule has 2 aromatic carbocycles. The molecule has 30 heavy (non-hydrogen) atoms. The minimum absolute atomic E-state index is 0.149. The number of likely N-dealkylation sites (tertiary alicyclic amines) is 1. The molecule has 1 aliphatic rings. The number of hydrogen-bond donors (Lipinski definition) is 1. The van der Waals surface area contributed by atoms with E-state index in [-0.39, 0.29) is 23.5 Å². The van der Waals surface area contributed by atoms with Gasteiger partial charge in [-0.3, -0.25) is 9.59 Å². The van der Waals surface area contributed by atoms with Gasteiger partial charge in [0.25, 0.3) is 5.91 Å². The summed E-state index contributed by atoms with van der Waals surface area (Å²) in [6.45, 7) is 0.912. The molecule has 0 aliphatic carbocycles. The number of rotatable bonds is 4. The molecular weight excluding hydrogens is 425 g/mol. The van der Waals surface area contributed by atoms with E-state index in [9.17, 15) is 14.0 Å². The second-order valence-electron chi connectivity index (χ2n) is 7.13. The highest BCUT2D eigenvalue weighted by atomic mass is 35.5.